The van der Waals surface area contributed by atoms with Crippen molar-refractivity contribution in [1.29, 1.82) is 0 Å². The summed E-state index contributed by atoms with van der Waals surface area (Å²) in [6.07, 6.45) is 0.964. The summed E-state index contributed by atoms with van der Waals surface area (Å²) in [5.74, 6) is 1.02. The van der Waals surface area contributed by atoms with E-state index in [0.717, 1.165) is 6.42 Å². The van der Waals surface area contributed by atoms with E-state index in [9.17, 15) is 9.59 Å². The highest BCUT2D eigenvalue weighted by Crippen LogP contribution is 2.17. The lowest BCUT2D eigenvalue weighted by Crippen LogP contribution is -2.40. The van der Waals surface area contributed by atoms with Crippen molar-refractivity contribution in [3.63, 3.8) is 0 Å². The summed E-state index contributed by atoms with van der Waals surface area (Å²) in [7, 11) is 0. The summed E-state index contributed by atoms with van der Waals surface area (Å²) in [4.78, 5) is 26.8. The Bertz CT molecular complexity index is 827. The highest BCUT2D eigenvalue weighted by atomic mass is 16.5. The first-order valence-electron chi connectivity index (χ1n) is 10.0. The van der Waals surface area contributed by atoms with Crippen molar-refractivity contribution in [2.45, 2.75) is 20.3 Å². The van der Waals surface area contributed by atoms with Crippen molar-refractivity contribution in [2.24, 2.45) is 5.92 Å². The zero-order valence-corrected chi connectivity index (χ0v) is 17.0. The van der Waals surface area contributed by atoms with E-state index >= 15 is 0 Å². The van der Waals surface area contributed by atoms with Crippen molar-refractivity contribution in [2.75, 3.05) is 38.2 Å². The highest BCUT2D eigenvalue weighted by Gasteiger charge is 2.18. The van der Waals surface area contributed by atoms with E-state index in [1.165, 1.54) is 0 Å². The van der Waals surface area contributed by atoms with Crippen LogP contribution in [0, 0.1) is 5.92 Å². The molecule has 0 aliphatic carbocycles. The van der Waals surface area contributed by atoms with Crippen LogP contribution < -0.4 is 10.1 Å². The number of ether oxygens (including phenoxy) is 2. The number of benzene rings is 2. The van der Waals surface area contributed by atoms with Gasteiger partial charge < -0.3 is 19.7 Å². The molecule has 0 radical (unpaired) electrons. The third-order valence-electron chi connectivity index (χ3n) is 4.75. The molecule has 2 aromatic rings. The number of morpholine rings is 1. The molecule has 154 valence electrons. The van der Waals surface area contributed by atoms with E-state index in [1.54, 1.807) is 41.3 Å². The molecular formula is C23H28N2O4. The maximum absolute atomic E-state index is 12.6. The normalized spacial score (nSPS) is 14.0. The molecule has 29 heavy (non-hydrogen) atoms. The summed E-state index contributed by atoms with van der Waals surface area (Å²) in [5.41, 5.74) is 1.77. The Balaban J connectivity index is 1.58. The first-order chi connectivity index (χ1) is 14.0. The molecular weight excluding hydrogens is 368 g/mol. The molecule has 1 fully saturated rings. The van der Waals surface area contributed by atoms with Crippen molar-refractivity contribution in [3.8, 4) is 5.75 Å². The maximum Gasteiger partial charge on any atom is 0.255 e. The third-order valence-corrected chi connectivity index (χ3v) is 4.75. The Morgan fingerprint density at radius 1 is 1.07 bits per heavy atom. The van der Waals surface area contributed by atoms with Crippen LogP contribution in [0.5, 0.6) is 5.75 Å². The van der Waals surface area contributed by atoms with Crippen LogP contribution in [0.4, 0.5) is 5.69 Å². The first kappa shape index (κ1) is 20.9. The zero-order valence-electron chi connectivity index (χ0n) is 17.0. The van der Waals surface area contributed by atoms with Gasteiger partial charge in [-0.3, -0.25) is 9.59 Å². The average Bonchev–Trinajstić information content (AvgIpc) is 2.74. The fourth-order valence-corrected chi connectivity index (χ4v) is 2.99. The summed E-state index contributed by atoms with van der Waals surface area (Å²) >= 11 is 0. The molecule has 1 heterocycles. The molecule has 0 aromatic heterocycles. The van der Waals surface area contributed by atoms with Gasteiger partial charge in [0, 0.05) is 29.9 Å². The van der Waals surface area contributed by atoms with Gasteiger partial charge in [-0.2, -0.15) is 0 Å². The molecule has 6 heteroatoms. The van der Waals surface area contributed by atoms with E-state index in [-0.39, 0.29) is 11.8 Å². The number of rotatable bonds is 7. The molecule has 0 atom stereocenters. The van der Waals surface area contributed by atoms with Gasteiger partial charge in [0.15, 0.2) is 0 Å². The van der Waals surface area contributed by atoms with E-state index in [1.807, 2.05) is 12.1 Å². The largest absolute Gasteiger partial charge is 0.494 e. The molecule has 0 unspecified atom stereocenters. The van der Waals surface area contributed by atoms with Crippen molar-refractivity contribution in [3.05, 3.63) is 59.7 Å². The fraction of sp³-hybridized carbons (Fsp3) is 0.391. The summed E-state index contributed by atoms with van der Waals surface area (Å²) < 4.78 is 11.0. The van der Waals surface area contributed by atoms with Gasteiger partial charge in [0.2, 0.25) is 0 Å². The quantitative estimate of drug-likeness (QED) is 0.772. The van der Waals surface area contributed by atoms with E-state index in [2.05, 4.69) is 19.2 Å². The Morgan fingerprint density at radius 3 is 2.48 bits per heavy atom. The molecule has 2 amide bonds. The van der Waals surface area contributed by atoms with E-state index < -0.39 is 0 Å². The van der Waals surface area contributed by atoms with Gasteiger partial charge in [-0.1, -0.05) is 19.9 Å². The van der Waals surface area contributed by atoms with Crippen molar-refractivity contribution in [1.82, 2.24) is 4.90 Å². The monoisotopic (exact) mass is 396 g/mol. The number of nitrogens with one attached hydrogen (secondary N) is 1. The topological polar surface area (TPSA) is 67.9 Å². The zero-order chi connectivity index (χ0) is 20.6. The second-order valence-corrected chi connectivity index (χ2v) is 7.49. The maximum atomic E-state index is 12.6. The number of carbonyl (C=O) groups excluding carboxylic acids is 2. The SMILES string of the molecule is CC(C)CCOc1cccc(C(=O)Nc2ccc(C(=O)N3CCOCC3)cc2)c1. The molecule has 0 spiro atoms. The molecule has 1 aliphatic rings. The highest BCUT2D eigenvalue weighted by molar-refractivity contribution is 6.04. The smallest absolute Gasteiger partial charge is 0.255 e. The van der Waals surface area contributed by atoms with Gasteiger partial charge in [0.25, 0.3) is 11.8 Å². The van der Waals surface area contributed by atoms with Crippen LogP contribution in [0.25, 0.3) is 0 Å². The van der Waals surface area contributed by atoms with E-state index in [4.69, 9.17) is 9.47 Å². The molecule has 0 saturated carbocycles. The van der Waals surface area contributed by atoms with Gasteiger partial charge >= 0.3 is 0 Å². The average molecular weight is 396 g/mol. The molecule has 1 N–H and O–H groups in total. The van der Waals surface area contributed by atoms with Gasteiger partial charge in [-0.15, -0.1) is 0 Å². The molecule has 1 aliphatic heterocycles. The summed E-state index contributed by atoms with van der Waals surface area (Å²) in [5, 5.41) is 2.87. The first-order valence-corrected chi connectivity index (χ1v) is 10.0. The lowest BCUT2D eigenvalue weighted by molar-refractivity contribution is 0.0303. The standard InChI is InChI=1S/C23H28N2O4/c1-17(2)10-13-29-21-5-3-4-19(16-21)22(26)24-20-8-6-18(7-9-20)23(27)25-11-14-28-15-12-25/h3-9,16-17H,10-15H2,1-2H3,(H,24,26). The minimum absolute atomic E-state index is 0.0163. The second kappa shape index (κ2) is 10.1. The second-order valence-electron chi connectivity index (χ2n) is 7.49. The Kier molecular flexibility index (Phi) is 7.25. The molecule has 2 aromatic carbocycles. The minimum atomic E-state index is -0.216. The number of amides is 2. The lowest BCUT2D eigenvalue weighted by Gasteiger charge is -2.26. The van der Waals surface area contributed by atoms with Crippen LogP contribution in [-0.2, 0) is 4.74 Å². The third kappa shape index (κ3) is 6.06. The van der Waals surface area contributed by atoms with Crippen molar-refractivity contribution < 1.29 is 19.1 Å². The molecule has 0 bridgehead atoms. The number of anilines is 1. The summed E-state index contributed by atoms with van der Waals surface area (Å²) in [6.45, 7) is 7.27. The Labute approximate surface area is 171 Å². The Hall–Kier alpha value is -2.86. The number of hydrogen-bond acceptors (Lipinski definition) is 4. The van der Waals surface area contributed by atoms with Gasteiger partial charge in [-0.05, 0) is 54.8 Å². The fourth-order valence-electron chi connectivity index (χ4n) is 2.99. The molecule has 6 nitrogen and oxygen atoms in total. The number of carbonyl (C=O) groups is 2. The molecule has 3 rings (SSSR count). The van der Waals surface area contributed by atoms with Crippen LogP contribution in [0.1, 0.15) is 41.0 Å². The van der Waals surface area contributed by atoms with Crippen LogP contribution >= 0.6 is 0 Å². The lowest BCUT2D eigenvalue weighted by atomic mass is 10.1. The summed E-state index contributed by atoms with van der Waals surface area (Å²) in [6, 6.07) is 14.1. The minimum Gasteiger partial charge on any atom is -0.494 e. The number of nitrogens with zero attached hydrogens (tertiary/aromatic N) is 1. The number of hydrogen-bond donors (Lipinski definition) is 1. The van der Waals surface area contributed by atoms with Crippen LogP contribution in [0.3, 0.4) is 0 Å². The van der Waals surface area contributed by atoms with Crippen LogP contribution in [-0.4, -0.2) is 49.6 Å². The van der Waals surface area contributed by atoms with Gasteiger partial charge in [0.1, 0.15) is 5.75 Å². The Morgan fingerprint density at radius 2 is 1.79 bits per heavy atom. The molecule has 1 saturated heterocycles. The van der Waals surface area contributed by atoms with Crippen LogP contribution in [0.15, 0.2) is 48.5 Å². The van der Waals surface area contributed by atoms with Gasteiger partial charge in [0.05, 0.1) is 19.8 Å². The predicted molar refractivity (Wildman–Crippen MR) is 113 cm³/mol. The van der Waals surface area contributed by atoms with Crippen LogP contribution in [0.2, 0.25) is 0 Å². The van der Waals surface area contributed by atoms with E-state index in [0.29, 0.717) is 61.4 Å². The van der Waals surface area contributed by atoms with Crippen molar-refractivity contribution >= 4 is 17.5 Å². The predicted octanol–water partition coefficient (Wildman–Crippen LogP) is 3.84. The van der Waals surface area contributed by atoms with Gasteiger partial charge in [-0.25, -0.2) is 0 Å².